The number of nitro benzene ring substituents is 1. The van der Waals surface area contributed by atoms with Gasteiger partial charge in [-0.3, -0.25) is 19.6 Å². The summed E-state index contributed by atoms with van der Waals surface area (Å²) in [6.07, 6.45) is 0. The molecule has 0 radical (unpaired) electrons. The molecule has 0 aliphatic carbocycles. The van der Waals surface area contributed by atoms with E-state index in [9.17, 15) is 23.3 Å². The van der Waals surface area contributed by atoms with Gasteiger partial charge in [0.2, 0.25) is 5.91 Å². The summed E-state index contributed by atoms with van der Waals surface area (Å²) in [5.41, 5.74) is 1.46. The first-order valence-corrected chi connectivity index (χ1v) is 8.74. The van der Waals surface area contributed by atoms with Crippen LogP contribution >= 0.6 is 0 Å². The normalized spacial score (nSPS) is 11.0. The van der Waals surface area contributed by atoms with Crippen LogP contribution in [-0.2, 0) is 14.8 Å². The second-order valence-electron chi connectivity index (χ2n) is 5.51. The standard InChI is InChI=1S/C16H17N3O5S/c1-10-8-15(19(21)22)9-16(11(10)2)25(23,24)18-14-6-4-13(5-7-14)17-12(3)20/h4-9,18H,1-3H3,(H,17,20). The van der Waals surface area contributed by atoms with E-state index in [0.29, 0.717) is 16.8 Å². The zero-order valence-corrected chi connectivity index (χ0v) is 14.7. The molecule has 25 heavy (non-hydrogen) atoms. The smallest absolute Gasteiger partial charge is 0.271 e. The van der Waals surface area contributed by atoms with Crippen LogP contribution in [-0.4, -0.2) is 19.2 Å². The van der Waals surface area contributed by atoms with Crippen molar-refractivity contribution in [2.45, 2.75) is 25.7 Å². The number of benzene rings is 2. The SMILES string of the molecule is CC(=O)Nc1ccc(NS(=O)(=O)c2cc([N+](=O)[O-])cc(C)c2C)cc1. The maximum atomic E-state index is 12.6. The minimum Gasteiger partial charge on any atom is -0.326 e. The number of anilines is 2. The van der Waals surface area contributed by atoms with Crippen LogP contribution in [0, 0.1) is 24.0 Å². The monoisotopic (exact) mass is 363 g/mol. The Morgan fingerprint density at radius 2 is 1.64 bits per heavy atom. The number of hydrogen-bond acceptors (Lipinski definition) is 5. The van der Waals surface area contributed by atoms with Crippen molar-refractivity contribution in [3.8, 4) is 0 Å². The predicted molar refractivity (Wildman–Crippen MR) is 94.1 cm³/mol. The van der Waals surface area contributed by atoms with Crippen LogP contribution < -0.4 is 10.0 Å². The van der Waals surface area contributed by atoms with Crippen molar-refractivity contribution in [3.05, 3.63) is 57.6 Å². The molecule has 2 rings (SSSR count). The fourth-order valence-electron chi connectivity index (χ4n) is 2.23. The van der Waals surface area contributed by atoms with Crippen molar-refractivity contribution in [2.75, 3.05) is 10.0 Å². The maximum absolute atomic E-state index is 12.6. The van der Waals surface area contributed by atoms with Gasteiger partial charge in [0, 0.05) is 30.4 Å². The number of nitrogens with zero attached hydrogens (tertiary/aromatic N) is 1. The minimum absolute atomic E-state index is 0.148. The fourth-order valence-corrected chi connectivity index (χ4v) is 3.62. The average Bonchev–Trinajstić information content (AvgIpc) is 2.50. The van der Waals surface area contributed by atoms with E-state index < -0.39 is 14.9 Å². The summed E-state index contributed by atoms with van der Waals surface area (Å²) in [6.45, 7) is 4.57. The molecule has 132 valence electrons. The van der Waals surface area contributed by atoms with Gasteiger partial charge in [-0.05, 0) is 49.2 Å². The molecular formula is C16H17N3O5S. The molecule has 0 aliphatic rings. The minimum atomic E-state index is -4.00. The van der Waals surface area contributed by atoms with Crippen LogP contribution in [0.2, 0.25) is 0 Å². The van der Waals surface area contributed by atoms with Gasteiger partial charge in [0.05, 0.1) is 9.82 Å². The van der Waals surface area contributed by atoms with E-state index in [4.69, 9.17) is 0 Å². The summed E-state index contributed by atoms with van der Waals surface area (Å²) in [5.74, 6) is -0.240. The van der Waals surface area contributed by atoms with E-state index in [0.717, 1.165) is 6.07 Å². The number of amides is 1. The highest BCUT2D eigenvalue weighted by atomic mass is 32.2. The number of rotatable bonds is 5. The van der Waals surface area contributed by atoms with Crippen LogP contribution in [0.25, 0.3) is 0 Å². The third-order valence-electron chi connectivity index (χ3n) is 3.56. The van der Waals surface area contributed by atoms with E-state index in [-0.39, 0.29) is 22.2 Å². The molecule has 0 bridgehead atoms. The molecule has 0 spiro atoms. The summed E-state index contributed by atoms with van der Waals surface area (Å²) in [5, 5.41) is 13.6. The number of sulfonamides is 1. The molecule has 0 unspecified atom stereocenters. The molecule has 0 heterocycles. The molecule has 0 aliphatic heterocycles. The van der Waals surface area contributed by atoms with Crippen LogP contribution in [0.15, 0.2) is 41.3 Å². The van der Waals surface area contributed by atoms with E-state index >= 15 is 0 Å². The number of carbonyl (C=O) groups excluding carboxylic acids is 1. The predicted octanol–water partition coefficient (Wildman–Crippen LogP) is 2.97. The zero-order chi connectivity index (χ0) is 18.8. The van der Waals surface area contributed by atoms with Gasteiger partial charge in [-0.25, -0.2) is 8.42 Å². The lowest BCUT2D eigenvalue weighted by molar-refractivity contribution is -0.385. The lowest BCUT2D eigenvalue weighted by atomic mass is 10.1. The summed E-state index contributed by atoms with van der Waals surface area (Å²) < 4.78 is 27.6. The Morgan fingerprint density at radius 1 is 1.08 bits per heavy atom. The topological polar surface area (TPSA) is 118 Å². The van der Waals surface area contributed by atoms with E-state index in [2.05, 4.69) is 10.0 Å². The fraction of sp³-hybridized carbons (Fsp3) is 0.188. The van der Waals surface area contributed by atoms with E-state index in [1.807, 2.05) is 0 Å². The number of hydrogen-bond donors (Lipinski definition) is 2. The number of nitro groups is 1. The quantitative estimate of drug-likeness (QED) is 0.625. The summed E-state index contributed by atoms with van der Waals surface area (Å²) in [4.78, 5) is 21.2. The van der Waals surface area contributed by atoms with Crippen molar-refractivity contribution < 1.29 is 18.1 Å². The third-order valence-corrected chi connectivity index (χ3v) is 5.07. The lowest BCUT2D eigenvalue weighted by Gasteiger charge is -2.12. The van der Waals surface area contributed by atoms with Gasteiger partial charge >= 0.3 is 0 Å². The molecular weight excluding hydrogens is 346 g/mol. The van der Waals surface area contributed by atoms with Gasteiger partial charge in [0.1, 0.15) is 0 Å². The number of aryl methyl sites for hydroxylation is 1. The van der Waals surface area contributed by atoms with Crippen molar-refractivity contribution in [1.82, 2.24) is 0 Å². The molecule has 9 heteroatoms. The summed E-state index contributed by atoms with van der Waals surface area (Å²) >= 11 is 0. The maximum Gasteiger partial charge on any atom is 0.271 e. The summed E-state index contributed by atoms with van der Waals surface area (Å²) in [6, 6.07) is 8.44. The molecule has 2 N–H and O–H groups in total. The van der Waals surface area contributed by atoms with Crippen LogP contribution in [0.3, 0.4) is 0 Å². The molecule has 0 atom stereocenters. The van der Waals surface area contributed by atoms with Crippen molar-refractivity contribution in [1.29, 1.82) is 0 Å². The molecule has 1 amide bonds. The highest BCUT2D eigenvalue weighted by molar-refractivity contribution is 7.92. The Morgan fingerprint density at radius 3 is 2.16 bits per heavy atom. The Labute approximate surface area is 145 Å². The number of carbonyl (C=O) groups is 1. The number of non-ortho nitro benzene ring substituents is 1. The van der Waals surface area contributed by atoms with Gasteiger partial charge in [-0.1, -0.05) is 0 Å². The largest absolute Gasteiger partial charge is 0.326 e. The average molecular weight is 363 g/mol. The highest BCUT2D eigenvalue weighted by Gasteiger charge is 2.22. The number of nitrogens with one attached hydrogen (secondary N) is 2. The first-order valence-electron chi connectivity index (χ1n) is 7.26. The molecule has 0 saturated heterocycles. The Kier molecular flexibility index (Phi) is 5.07. The van der Waals surface area contributed by atoms with Crippen molar-refractivity contribution in [2.24, 2.45) is 0 Å². The Balaban J connectivity index is 2.36. The molecule has 2 aromatic carbocycles. The van der Waals surface area contributed by atoms with E-state index in [1.165, 1.54) is 25.1 Å². The first kappa shape index (κ1) is 18.4. The lowest BCUT2D eigenvalue weighted by Crippen LogP contribution is -2.15. The van der Waals surface area contributed by atoms with Crippen LogP contribution in [0.1, 0.15) is 18.1 Å². The van der Waals surface area contributed by atoms with Crippen LogP contribution in [0.4, 0.5) is 17.1 Å². The molecule has 2 aromatic rings. The van der Waals surface area contributed by atoms with Crippen molar-refractivity contribution in [3.63, 3.8) is 0 Å². The Hall–Kier alpha value is -2.94. The molecule has 0 saturated carbocycles. The Bertz CT molecular complexity index is 937. The van der Waals surface area contributed by atoms with Gasteiger partial charge < -0.3 is 5.32 Å². The van der Waals surface area contributed by atoms with Gasteiger partial charge in [0.25, 0.3) is 15.7 Å². The first-order chi connectivity index (χ1) is 11.6. The van der Waals surface area contributed by atoms with Gasteiger partial charge in [-0.2, -0.15) is 0 Å². The molecule has 8 nitrogen and oxygen atoms in total. The zero-order valence-electron chi connectivity index (χ0n) is 13.9. The van der Waals surface area contributed by atoms with Crippen LogP contribution in [0.5, 0.6) is 0 Å². The highest BCUT2D eigenvalue weighted by Crippen LogP contribution is 2.27. The molecule has 0 aromatic heterocycles. The van der Waals surface area contributed by atoms with Gasteiger partial charge in [0.15, 0.2) is 0 Å². The third kappa shape index (κ3) is 4.32. The summed E-state index contributed by atoms with van der Waals surface area (Å²) in [7, 11) is -4.00. The van der Waals surface area contributed by atoms with Crippen molar-refractivity contribution >= 4 is 33.0 Å². The van der Waals surface area contributed by atoms with E-state index in [1.54, 1.807) is 26.0 Å². The van der Waals surface area contributed by atoms with Gasteiger partial charge in [-0.15, -0.1) is 0 Å². The second kappa shape index (κ2) is 6.89. The molecule has 0 fully saturated rings. The second-order valence-corrected chi connectivity index (χ2v) is 7.16.